The van der Waals surface area contributed by atoms with E-state index < -0.39 is 6.04 Å². The summed E-state index contributed by atoms with van der Waals surface area (Å²) in [6.45, 7) is 5.51. The molecule has 3 heterocycles. The lowest BCUT2D eigenvalue weighted by atomic mass is 10.00. The van der Waals surface area contributed by atoms with E-state index in [9.17, 15) is 14.4 Å². The van der Waals surface area contributed by atoms with Crippen molar-refractivity contribution < 1.29 is 19.1 Å². The number of likely N-dealkylation sites (tertiary alicyclic amines) is 1. The van der Waals surface area contributed by atoms with Gasteiger partial charge < -0.3 is 14.5 Å². The van der Waals surface area contributed by atoms with Crippen molar-refractivity contribution in [2.24, 2.45) is 0 Å². The SMILES string of the molecule is CCN1CCCCC1CCOc1ccc2c(c1)CN(C1CCC(=O)NC1=O)C2=O. The van der Waals surface area contributed by atoms with Gasteiger partial charge in [0.25, 0.3) is 5.91 Å². The summed E-state index contributed by atoms with van der Waals surface area (Å²) >= 11 is 0. The maximum absolute atomic E-state index is 12.7. The Hall–Kier alpha value is -2.41. The minimum absolute atomic E-state index is 0.151. The van der Waals surface area contributed by atoms with Crippen LogP contribution in [0, 0.1) is 0 Å². The Morgan fingerprint density at radius 3 is 2.83 bits per heavy atom. The molecule has 0 spiro atoms. The van der Waals surface area contributed by atoms with Gasteiger partial charge in [-0.15, -0.1) is 0 Å². The number of nitrogens with zero attached hydrogens (tertiary/aromatic N) is 2. The smallest absolute Gasteiger partial charge is 0.255 e. The van der Waals surface area contributed by atoms with Crippen LogP contribution in [-0.4, -0.2) is 59.3 Å². The van der Waals surface area contributed by atoms with Crippen LogP contribution in [0.1, 0.15) is 61.4 Å². The molecule has 4 rings (SSSR count). The molecule has 3 aliphatic rings. The fourth-order valence-corrected chi connectivity index (χ4v) is 4.76. The Morgan fingerprint density at radius 2 is 2.03 bits per heavy atom. The van der Waals surface area contributed by atoms with Crippen molar-refractivity contribution in [2.75, 3.05) is 19.7 Å². The molecule has 156 valence electrons. The Labute approximate surface area is 171 Å². The highest BCUT2D eigenvalue weighted by molar-refractivity contribution is 6.05. The fourth-order valence-electron chi connectivity index (χ4n) is 4.76. The molecule has 0 radical (unpaired) electrons. The average molecular weight is 399 g/mol. The van der Waals surface area contributed by atoms with Crippen LogP contribution in [0.25, 0.3) is 0 Å². The molecule has 1 aromatic carbocycles. The zero-order valence-corrected chi connectivity index (χ0v) is 17.0. The van der Waals surface area contributed by atoms with Gasteiger partial charge in [0.2, 0.25) is 11.8 Å². The van der Waals surface area contributed by atoms with E-state index in [1.54, 1.807) is 11.0 Å². The van der Waals surface area contributed by atoms with Crippen LogP contribution in [0.15, 0.2) is 18.2 Å². The first-order chi connectivity index (χ1) is 14.1. The average Bonchev–Trinajstić information content (AvgIpc) is 3.04. The first-order valence-electron chi connectivity index (χ1n) is 10.7. The summed E-state index contributed by atoms with van der Waals surface area (Å²) in [7, 11) is 0. The number of rotatable bonds is 6. The largest absolute Gasteiger partial charge is 0.494 e. The molecule has 0 aliphatic carbocycles. The molecule has 1 aromatic rings. The van der Waals surface area contributed by atoms with Crippen molar-refractivity contribution in [3.8, 4) is 5.75 Å². The van der Waals surface area contributed by atoms with Gasteiger partial charge in [-0.3, -0.25) is 19.7 Å². The minimum Gasteiger partial charge on any atom is -0.494 e. The molecule has 1 N–H and O–H groups in total. The molecular formula is C22H29N3O4. The monoisotopic (exact) mass is 399 g/mol. The number of benzene rings is 1. The summed E-state index contributed by atoms with van der Waals surface area (Å²) in [5, 5.41) is 2.33. The number of piperidine rings is 2. The third kappa shape index (κ3) is 4.15. The van der Waals surface area contributed by atoms with Gasteiger partial charge in [-0.2, -0.15) is 0 Å². The molecule has 2 saturated heterocycles. The Bertz CT molecular complexity index is 809. The number of amides is 3. The first kappa shape index (κ1) is 19.9. The number of imide groups is 1. The molecule has 0 saturated carbocycles. The predicted molar refractivity (Wildman–Crippen MR) is 107 cm³/mol. The van der Waals surface area contributed by atoms with Gasteiger partial charge in [0, 0.05) is 24.6 Å². The van der Waals surface area contributed by atoms with Gasteiger partial charge in [0.05, 0.1) is 6.61 Å². The molecular weight excluding hydrogens is 370 g/mol. The van der Waals surface area contributed by atoms with Crippen molar-refractivity contribution in [3.63, 3.8) is 0 Å². The number of ether oxygens (including phenoxy) is 1. The molecule has 2 unspecified atom stereocenters. The van der Waals surface area contributed by atoms with E-state index in [1.165, 1.54) is 25.8 Å². The highest BCUT2D eigenvalue weighted by Crippen LogP contribution is 2.30. The van der Waals surface area contributed by atoms with E-state index in [0.717, 1.165) is 24.3 Å². The van der Waals surface area contributed by atoms with Crippen LogP contribution in [0.2, 0.25) is 0 Å². The predicted octanol–water partition coefficient (Wildman–Crippen LogP) is 2.09. The van der Waals surface area contributed by atoms with Crippen molar-refractivity contribution in [3.05, 3.63) is 29.3 Å². The standard InChI is InChI=1S/C22H29N3O4/c1-2-24-11-4-3-5-16(24)10-12-29-17-6-7-18-15(13-17)14-25(22(18)28)19-8-9-20(26)23-21(19)27/h6-7,13,16,19H,2-5,8-12,14H2,1H3,(H,23,26,27). The lowest BCUT2D eigenvalue weighted by Gasteiger charge is -2.34. The number of carbonyl (C=O) groups excluding carboxylic acids is 3. The molecule has 2 atom stereocenters. The van der Waals surface area contributed by atoms with Crippen molar-refractivity contribution in [1.82, 2.24) is 15.1 Å². The highest BCUT2D eigenvalue weighted by atomic mass is 16.5. The Balaban J connectivity index is 1.36. The lowest BCUT2D eigenvalue weighted by molar-refractivity contribution is -0.136. The molecule has 0 bridgehead atoms. The van der Waals surface area contributed by atoms with E-state index in [0.29, 0.717) is 31.2 Å². The quantitative estimate of drug-likeness (QED) is 0.741. The maximum Gasteiger partial charge on any atom is 0.255 e. The fraction of sp³-hybridized carbons (Fsp3) is 0.591. The van der Waals surface area contributed by atoms with Gasteiger partial charge in [-0.25, -0.2) is 0 Å². The van der Waals surface area contributed by atoms with Crippen LogP contribution < -0.4 is 10.1 Å². The number of nitrogens with one attached hydrogen (secondary N) is 1. The second-order valence-electron chi connectivity index (χ2n) is 8.13. The third-order valence-corrected chi connectivity index (χ3v) is 6.37. The third-order valence-electron chi connectivity index (χ3n) is 6.37. The van der Waals surface area contributed by atoms with Crippen LogP contribution in [0.4, 0.5) is 0 Å². The lowest BCUT2D eigenvalue weighted by Crippen LogP contribution is -2.52. The Kier molecular flexibility index (Phi) is 5.85. The van der Waals surface area contributed by atoms with Crippen molar-refractivity contribution >= 4 is 17.7 Å². The normalized spacial score (nSPS) is 25.1. The van der Waals surface area contributed by atoms with E-state index in [1.807, 2.05) is 12.1 Å². The van der Waals surface area contributed by atoms with E-state index in [2.05, 4.69) is 17.1 Å². The first-order valence-corrected chi connectivity index (χ1v) is 10.7. The topological polar surface area (TPSA) is 79.0 Å². The van der Waals surface area contributed by atoms with Crippen LogP contribution >= 0.6 is 0 Å². The van der Waals surface area contributed by atoms with E-state index in [-0.39, 0.29) is 24.1 Å². The second kappa shape index (κ2) is 8.53. The van der Waals surface area contributed by atoms with E-state index in [4.69, 9.17) is 4.74 Å². The van der Waals surface area contributed by atoms with E-state index >= 15 is 0 Å². The van der Waals surface area contributed by atoms with Gasteiger partial charge in [-0.1, -0.05) is 13.3 Å². The summed E-state index contributed by atoms with van der Waals surface area (Å²) in [6.07, 6.45) is 5.46. The van der Waals surface area contributed by atoms with Crippen LogP contribution in [0.5, 0.6) is 5.75 Å². The summed E-state index contributed by atoms with van der Waals surface area (Å²) < 4.78 is 6.00. The van der Waals surface area contributed by atoms with Crippen molar-refractivity contribution in [2.45, 2.75) is 64.1 Å². The van der Waals surface area contributed by atoms with Crippen molar-refractivity contribution in [1.29, 1.82) is 0 Å². The minimum atomic E-state index is -0.580. The zero-order chi connectivity index (χ0) is 20.4. The summed E-state index contributed by atoms with van der Waals surface area (Å²) in [5.41, 5.74) is 1.50. The zero-order valence-electron chi connectivity index (χ0n) is 17.0. The summed E-state index contributed by atoms with van der Waals surface area (Å²) in [6, 6.07) is 5.55. The number of hydrogen-bond donors (Lipinski definition) is 1. The van der Waals surface area contributed by atoms with Gasteiger partial charge in [-0.05, 0) is 62.5 Å². The van der Waals surface area contributed by atoms with Gasteiger partial charge >= 0.3 is 0 Å². The highest BCUT2D eigenvalue weighted by Gasteiger charge is 2.39. The molecule has 3 amide bonds. The number of carbonyl (C=O) groups is 3. The van der Waals surface area contributed by atoms with Crippen LogP contribution in [0.3, 0.4) is 0 Å². The van der Waals surface area contributed by atoms with Gasteiger partial charge in [0.15, 0.2) is 0 Å². The molecule has 2 fully saturated rings. The molecule has 7 heteroatoms. The molecule has 29 heavy (non-hydrogen) atoms. The molecule has 3 aliphatic heterocycles. The number of fused-ring (bicyclic) bond motifs is 1. The Morgan fingerprint density at radius 1 is 1.17 bits per heavy atom. The second-order valence-corrected chi connectivity index (χ2v) is 8.13. The summed E-state index contributed by atoms with van der Waals surface area (Å²) in [5.74, 6) is -0.0417. The van der Waals surface area contributed by atoms with Crippen LogP contribution in [-0.2, 0) is 16.1 Å². The molecule has 7 nitrogen and oxygen atoms in total. The van der Waals surface area contributed by atoms with Gasteiger partial charge in [0.1, 0.15) is 11.8 Å². The molecule has 0 aromatic heterocycles. The number of hydrogen-bond acceptors (Lipinski definition) is 5. The maximum atomic E-state index is 12.7. The summed E-state index contributed by atoms with van der Waals surface area (Å²) in [4.78, 5) is 40.4.